The summed E-state index contributed by atoms with van der Waals surface area (Å²) >= 11 is 0. The van der Waals surface area contributed by atoms with Gasteiger partial charge in [-0.2, -0.15) is 0 Å². The van der Waals surface area contributed by atoms with Gasteiger partial charge in [0, 0.05) is 24.5 Å². The van der Waals surface area contributed by atoms with Crippen LogP contribution in [0.4, 0.5) is 4.39 Å². The lowest BCUT2D eigenvalue weighted by Gasteiger charge is -2.39. The number of piperidine rings is 1. The van der Waals surface area contributed by atoms with Gasteiger partial charge in [0.1, 0.15) is 5.82 Å². The maximum absolute atomic E-state index is 13.1. The molecule has 118 valence electrons. The fourth-order valence-corrected chi connectivity index (χ4v) is 4.15. The molecule has 2 aliphatic rings. The molecule has 4 rings (SSSR count). The first kappa shape index (κ1) is 14.4. The molecule has 3 nitrogen and oxygen atoms in total. The molecule has 23 heavy (non-hydrogen) atoms. The molecule has 0 aliphatic carbocycles. The Balaban J connectivity index is 1.54. The Morgan fingerprint density at radius 1 is 1.09 bits per heavy atom. The van der Waals surface area contributed by atoms with E-state index in [4.69, 9.17) is 0 Å². The van der Waals surface area contributed by atoms with Gasteiger partial charge in [-0.1, -0.05) is 12.1 Å². The van der Waals surface area contributed by atoms with Crippen molar-refractivity contribution in [2.24, 2.45) is 0 Å². The van der Waals surface area contributed by atoms with E-state index in [0.29, 0.717) is 11.5 Å². The molecule has 0 radical (unpaired) electrons. The maximum Gasteiger partial charge on any atom is 0.255 e. The number of pyridine rings is 1. The van der Waals surface area contributed by atoms with Crippen LogP contribution in [0.5, 0.6) is 0 Å². The van der Waals surface area contributed by atoms with Gasteiger partial charge >= 0.3 is 0 Å². The van der Waals surface area contributed by atoms with E-state index in [0.717, 1.165) is 25.7 Å². The Kier molecular flexibility index (Phi) is 3.60. The number of rotatable bonds is 2. The predicted molar refractivity (Wildman–Crippen MR) is 85.6 cm³/mol. The molecule has 1 amide bonds. The number of benzene rings is 1. The van der Waals surface area contributed by atoms with Crippen molar-refractivity contribution in [1.82, 2.24) is 9.88 Å². The van der Waals surface area contributed by atoms with Crippen LogP contribution in [0.25, 0.3) is 0 Å². The summed E-state index contributed by atoms with van der Waals surface area (Å²) in [6, 6.07) is 11.1. The summed E-state index contributed by atoms with van der Waals surface area (Å²) in [6.07, 6.45) is 7.39. The maximum atomic E-state index is 13.1. The van der Waals surface area contributed by atoms with Gasteiger partial charge in [-0.3, -0.25) is 9.78 Å². The number of aromatic nitrogens is 1. The van der Waals surface area contributed by atoms with Crippen molar-refractivity contribution in [2.75, 3.05) is 0 Å². The lowest BCUT2D eigenvalue weighted by atomic mass is 9.85. The molecule has 4 heteroatoms. The summed E-state index contributed by atoms with van der Waals surface area (Å²) in [5.41, 5.74) is 1.86. The smallest absolute Gasteiger partial charge is 0.255 e. The van der Waals surface area contributed by atoms with Crippen molar-refractivity contribution < 1.29 is 9.18 Å². The number of fused-ring (bicyclic) bond motifs is 2. The molecule has 2 fully saturated rings. The number of amides is 1. The number of hydrogen-bond acceptors (Lipinski definition) is 2. The van der Waals surface area contributed by atoms with Crippen molar-refractivity contribution in [3.63, 3.8) is 0 Å². The molecule has 0 saturated carbocycles. The van der Waals surface area contributed by atoms with E-state index in [-0.39, 0.29) is 23.8 Å². The monoisotopic (exact) mass is 310 g/mol. The Morgan fingerprint density at radius 2 is 1.78 bits per heavy atom. The second-order valence-electron chi connectivity index (χ2n) is 6.56. The summed E-state index contributed by atoms with van der Waals surface area (Å²) in [6.45, 7) is 0. The third-order valence-electron chi connectivity index (χ3n) is 5.22. The molecule has 0 N–H and O–H groups in total. The fraction of sp³-hybridized carbons (Fsp3) is 0.368. The lowest BCUT2D eigenvalue weighted by molar-refractivity contribution is 0.0571. The Bertz CT molecular complexity index is 687. The van der Waals surface area contributed by atoms with E-state index in [1.165, 1.54) is 17.7 Å². The van der Waals surface area contributed by atoms with Crippen LogP contribution < -0.4 is 0 Å². The van der Waals surface area contributed by atoms with Gasteiger partial charge in [-0.05, 0) is 61.4 Å². The van der Waals surface area contributed by atoms with E-state index in [9.17, 15) is 9.18 Å². The van der Waals surface area contributed by atoms with Gasteiger partial charge in [0.15, 0.2) is 0 Å². The highest BCUT2D eigenvalue weighted by atomic mass is 19.1. The van der Waals surface area contributed by atoms with Crippen LogP contribution in [0, 0.1) is 5.82 Å². The first-order valence-corrected chi connectivity index (χ1v) is 8.20. The molecule has 3 heterocycles. The van der Waals surface area contributed by atoms with Gasteiger partial charge in [-0.15, -0.1) is 0 Å². The number of carbonyl (C=O) groups excluding carboxylic acids is 1. The zero-order chi connectivity index (χ0) is 15.8. The van der Waals surface area contributed by atoms with Crippen LogP contribution >= 0.6 is 0 Å². The Labute approximate surface area is 135 Å². The van der Waals surface area contributed by atoms with Gasteiger partial charge in [0.05, 0.1) is 5.56 Å². The van der Waals surface area contributed by atoms with E-state index in [1.807, 2.05) is 18.2 Å². The standard InChI is InChI=1S/C19H19FN2O/c20-16-5-3-13(4-6-16)15-10-17-7-8-18(11-15)22(17)19(23)14-2-1-9-21-12-14/h1-6,9,12,15,17-18H,7-8,10-11H2/t15?,17-,18+. The molecule has 2 bridgehead atoms. The fourth-order valence-electron chi connectivity index (χ4n) is 4.15. The lowest BCUT2D eigenvalue weighted by Crippen LogP contribution is -2.46. The summed E-state index contributed by atoms with van der Waals surface area (Å²) in [4.78, 5) is 18.9. The second-order valence-corrected chi connectivity index (χ2v) is 6.56. The highest BCUT2D eigenvalue weighted by Gasteiger charge is 2.43. The van der Waals surface area contributed by atoms with Crippen LogP contribution in [0.2, 0.25) is 0 Å². The first-order chi connectivity index (χ1) is 11.2. The third kappa shape index (κ3) is 2.62. The van der Waals surface area contributed by atoms with Crippen LogP contribution in [0.1, 0.15) is 47.5 Å². The average Bonchev–Trinajstić information content (AvgIpc) is 2.85. The normalized spacial score (nSPS) is 26.3. The zero-order valence-electron chi connectivity index (χ0n) is 12.9. The van der Waals surface area contributed by atoms with Crippen molar-refractivity contribution >= 4 is 5.91 Å². The topological polar surface area (TPSA) is 33.2 Å². The Morgan fingerprint density at radius 3 is 2.39 bits per heavy atom. The Hall–Kier alpha value is -2.23. The number of carbonyl (C=O) groups is 1. The molecule has 1 unspecified atom stereocenters. The molecule has 1 aromatic carbocycles. The first-order valence-electron chi connectivity index (χ1n) is 8.20. The number of halogens is 1. The minimum Gasteiger partial charge on any atom is -0.333 e. The largest absolute Gasteiger partial charge is 0.333 e. The molecular weight excluding hydrogens is 291 g/mol. The van der Waals surface area contributed by atoms with Crippen LogP contribution in [-0.2, 0) is 0 Å². The molecule has 3 atom stereocenters. The molecule has 2 aromatic rings. The van der Waals surface area contributed by atoms with Crippen molar-refractivity contribution in [1.29, 1.82) is 0 Å². The molecule has 1 aromatic heterocycles. The van der Waals surface area contributed by atoms with Crippen LogP contribution in [-0.4, -0.2) is 27.9 Å². The van der Waals surface area contributed by atoms with Crippen LogP contribution in [0.15, 0.2) is 48.8 Å². The van der Waals surface area contributed by atoms with Crippen LogP contribution in [0.3, 0.4) is 0 Å². The predicted octanol–water partition coefficient (Wildman–Crippen LogP) is 3.77. The summed E-state index contributed by atoms with van der Waals surface area (Å²) in [7, 11) is 0. The van der Waals surface area contributed by atoms with Gasteiger partial charge < -0.3 is 4.90 Å². The van der Waals surface area contributed by atoms with Crippen molar-refractivity contribution in [3.8, 4) is 0 Å². The average molecular weight is 310 g/mol. The quantitative estimate of drug-likeness (QED) is 0.846. The molecule has 2 saturated heterocycles. The number of nitrogens with zero attached hydrogens (tertiary/aromatic N) is 2. The summed E-state index contributed by atoms with van der Waals surface area (Å²) in [5.74, 6) is 0.329. The molecule has 0 spiro atoms. The second kappa shape index (κ2) is 5.76. The number of hydrogen-bond donors (Lipinski definition) is 0. The van der Waals surface area contributed by atoms with Crippen molar-refractivity contribution in [2.45, 2.75) is 43.7 Å². The molecule has 2 aliphatic heterocycles. The third-order valence-corrected chi connectivity index (χ3v) is 5.22. The summed E-state index contributed by atoms with van der Waals surface area (Å²) in [5, 5.41) is 0. The minimum absolute atomic E-state index is 0.100. The zero-order valence-corrected chi connectivity index (χ0v) is 12.9. The van der Waals surface area contributed by atoms with E-state index < -0.39 is 0 Å². The minimum atomic E-state index is -0.194. The highest BCUT2D eigenvalue weighted by molar-refractivity contribution is 5.94. The van der Waals surface area contributed by atoms with Gasteiger partial charge in [-0.25, -0.2) is 4.39 Å². The molecular formula is C19H19FN2O. The van der Waals surface area contributed by atoms with E-state index >= 15 is 0 Å². The van der Waals surface area contributed by atoms with Gasteiger partial charge in [0.25, 0.3) is 5.91 Å². The van der Waals surface area contributed by atoms with Gasteiger partial charge in [0.2, 0.25) is 0 Å². The van der Waals surface area contributed by atoms with E-state index in [2.05, 4.69) is 9.88 Å². The SMILES string of the molecule is O=C(c1cccnc1)N1[C@@H]2CC[C@H]1CC(c1ccc(F)cc1)C2. The van der Waals surface area contributed by atoms with E-state index in [1.54, 1.807) is 18.5 Å². The summed E-state index contributed by atoms with van der Waals surface area (Å²) < 4.78 is 13.1. The van der Waals surface area contributed by atoms with Crippen molar-refractivity contribution in [3.05, 3.63) is 65.7 Å². The highest BCUT2D eigenvalue weighted by Crippen LogP contribution is 2.43.